The Morgan fingerprint density at radius 3 is 2.79 bits per heavy atom. The lowest BCUT2D eigenvalue weighted by Gasteiger charge is -2.32. The summed E-state index contributed by atoms with van der Waals surface area (Å²) in [5.74, 6) is 0.516. The van der Waals surface area contributed by atoms with Gasteiger partial charge in [0.2, 0.25) is 0 Å². The van der Waals surface area contributed by atoms with Crippen LogP contribution < -0.4 is 0 Å². The fourth-order valence-corrected chi connectivity index (χ4v) is 3.62. The van der Waals surface area contributed by atoms with E-state index in [0.717, 1.165) is 18.4 Å². The van der Waals surface area contributed by atoms with E-state index in [-0.39, 0.29) is 6.10 Å². The van der Waals surface area contributed by atoms with Crippen molar-refractivity contribution in [1.82, 2.24) is 0 Å². The Bertz CT molecular complexity index is 606. The maximum Gasteiger partial charge on any atom is 0.0806 e. The highest BCUT2D eigenvalue weighted by molar-refractivity contribution is 14.1. The molecule has 1 N–H and O–H groups in total. The van der Waals surface area contributed by atoms with Crippen LogP contribution in [0.15, 0.2) is 42.5 Å². The normalized spacial score (nSPS) is 18.6. The minimum Gasteiger partial charge on any atom is -0.388 e. The molecule has 1 nitrogen and oxygen atoms in total. The molecular weight excluding hydrogens is 347 g/mol. The molecule has 3 rings (SSSR count). The smallest absolute Gasteiger partial charge is 0.0806 e. The van der Waals surface area contributed by atoms with Crippen LogP contribution in [0.4, 0.5) is 0 Å². The third kappa shape index (κ3) is 2.43. The molecule has 0 amide bonds. The molecule has 1 aliphatic rings. The van der Waals surface area contributed by atoms with Crippen LogP contribution in [0.25, 0.3) is 0 Å². The number of halogens is 1. The Balaban J connectivity index is 1.77. The van der Waals surface area contributed by atoms with E-state index < -0.39 is 0 Å². The Morgan fingerprint density at radius 1 is 1.21 bits per heavy atom. The molecule has 2 aromatic rings. The lowest BCUT2D eigenvalue weighted by Crippen LogP contribution is -2.19. The molecule has 0 aromatic heterocycles. The van der Waals surface area contributed by atoms with E-state index in [1.54, 1.807) is 0 Å². The second-order valence-corrected chi connectivity index (χ2v) is 6.41. The van der Waals surface area contributed by atoms with Gasteiger partial charge in [-0.25, -0.2) is 0 Å². The van der Waals surface area contributed by atoms with E-state index in [9.17, 15) is 5.11 Å². The molecule has 2 aromatic carbocycles. The van der Waals surface area contributed by atoms with Crippen molar-refractivity contribution in [3.8, 4) is 0 Å². The molecule has 0 bridgehead atoms. The number of benzene rings is 2. The van der Waals surface area contributed by atoms with Gasteiger partial charge in [0.25, 0.3) is 0 Å². The third-order valence-corrected chi connectivity index (χ3v) is 5.52. The monoisotopic (exact) mass is 364 g/mol. The van der Waals surface area contributed by atoms with E-state index in [4.69, 9.17) is 0 Å². The number of hydrogen-bond donors (Lipinski definition) is 1. The van der Waals surface area contributed by atoms with Crippen molar-refractivity contribution >= 4 is 22.6 Å². The Labute approximate surface area is 127 Å². The standard InChI is InChI=1S/C17H17IO/c1-11-5-4-8-15(17(11)18)16(19)10-13-9-12-6-2-3-7-14(12)13/h2-8,13,16,19H,9-10H2,1H3. The van der Waals surface area contributed by atoms with Crippen LogP contribution >= 0.6 is 22.6 Å². The highest BCUT2D eigenvalue weighted by atomic mass is 127. The number of aryl methyl sites for hydroxylation is 1. The average molecular weight is 364 g/mol. The van der Waals surface area contributed by atoms with Crippen LogP contribution in [0.1, 0.15) is 40.7 Å². The molecule has 1 aliphatic carbocycles. The fourth-order valence-electron chi connectivity index (χ4n) is 2.90. The van der Waals surface area contributed by atoms with E-state index in [1.807, 2.05) is 12.1 Å². The lowest BCUT2D eigenvalue weighted by atomic mass is 9.74. The Morgan fingerprint density at radius 2 is 2.00 bits per heavy atom. The molecule has 2 atom stereocenters. The van der Waals surface area contributed by atoms with E-state index >= 15 is 0 Å². The van der Waals surface area contributed by atoms with Crippen molar-refractivity contribution in [2.45, 2.75) is 31.8 Å². The van der Waals surface area contributed by atoms with E-state index in [0.29, 0.717) is 5.92 Å². The maximum atomic E-state index is 10.5. The van der Waals surface area contributed by atoms with Crippen LogP contribution in [0.2, 0.25) is 0 Å². The topological polar surface area (TPSA) is 20.2 Å². The summed E-state index contributed by atoms with van der Waals surface area (Å²) in [6, 6.07) is 14.7. The van der Waals surface area contributed by atoms with Crippen molar-refractivity contribution in [3.63, 3.8) is 0 Å². The minimum atomic E-state index is -0.356. The zero-order valence-corrected chi connectivity index (χ0v) is 13.1. The number of hydrogen-bond acceptors (Lipinski definition) is 1. The summed E-state index contributed by atoms with van der Waals surface area (Å²) in [5.41, 5.74) is 5.18. The third-order valence-electron chi connectivity index (χ3n) is 4.05. The predicted octanol–water partition coefficient (Wildman–Crippen LogP) is 4.36. The molecule has 2 heteroatoms. The quantitative estimate of drug-likeness (QED) is 0.803. The van der Waals surface area contributed by atoms with Gasteiger partial charge in [0.15, 0.2) is 0 Å². The number of fused-ring (bicyclic) bond motifs is 1. The number of aliphatic hydroxyl groups is 1. The highest BCUT2D eigenvalue weighted by Crippen LogP contribution is 2.41. The minimum absolute atomic E-state index is 0.356. The first kappa shape index (κ1) is 13.1. The summed E-state index contributed by atoms with van der Waals surface area (Å²) in [6.45, 7) is 2.09. The molecule has 0 saturated heterocycles. The SMILES string of the molecule is Cc1cccc(C(O)CC2Cc3ccccc32)c1I. The van der Waals surface area contributed by atoms with Gasteiger partial charge >= 0.3 is 0 Å². The van der Waals surface area contributed by atoms with Crippen LogP contribution in [0, 0.1) is 10.5 Å². The van der Waals surface area contributed by atoms with Gasteiger partial charge in [-0.3, -0.25) is 0 Å². The van der Waals surface area contributed by atoms with Gasteiger partial charge < -0.3 is 5.11 Å². The molecule has 0 fully saturated rings. The van der Waals surface area contributed by atoms with Gasteiger partial charge in [0, 0.05) is 3.57 Å². The first-order chi connectivity index (χ1) is 9.16. The zero-order valence-electron chi connectivity index (χ0n) is 10.9. The maximum absolute atomic E-state index is 10.5. The number of rotatable bonds is 3. The second kappa shape index (κ2) is 5.25. The van der Waals surface area contributed by atoms with Crippen LogP contribution in [-0.2, 0) is 6.42 Å². The van der Waals surface area contributed by atoms with Crippen molar-refractivity contribution in [2.75, 3.05) is 0 Å². The lowest BCUT2D eigenvalue weighted by molar-refractivity contribution is 0.152. The van der Waals surface area contributed by atoms with Gasteiger partial charge in [0.05, 0.1) is 6.10 Å². The molecule has 0 radical (unpaired) electrons. The van der Waals surface area contributed by atoms with Gasteiger partial charge in [-0.05, 0) is 70.5 Å². The largest absolute Gasteiger partial charge is 0.388 e. The summed E-state index contributed by atoms with van der Waals surface area (Å²) in [6.07, 6.45) is 1.58. The summed E-state index contributed by atoms with van der Waals surface area (Å²) >= 11 is 2.34. The predicted molar refractivity (Wildman–Crippen MR) is 86.4 cm³/mol. The highest BCUT2D eigenvalue weighted by Gasteiger charge is 2.28. The van der Waals surface area contributed by atoms with E-state index in [1.165, 1.54) is 20.3 Å². The van der Waals surface area contributed by atoms with Crippen molar-refractivity contribution in [3.05, 3.63) is 68.3 Å². The van der Waals surface area contributed by atoms with Gasteiger partial charge in [-0.15, -0.1) is 0 Å². The molecule has 19 heavy (non-hydrogen) atoms. The van der Waals surface area contributed by atoms with Gasteiger partial charge in [-0.2, -0.15) is 0 Å². The molecule has 98 valence electrons. The molecule has 0 aliphatic heterocycles. The van der Waals surface area contributed by atoms with Crippen molar-refractivity contribution in [2.24, 2.45) is 0 Å². The zero-order chi connectivity index (χ0) is 13.4. The number of aliphatic hydroxyl groups excluding tert-OH is 1. The summed E-state index contributed by atoms with van der Waals surface area (Å²) in [5, 5.41) is 10.5. The fraction of sp³-hybridized carbons (Fsp3) is 0.294. The summed E-state index contributed by atoms with van der Waals surface area (Å²) in [4.78, 5) is 0. The molecular formula is C17H17IO. The van der Waals surface area contributed by atoms with Crippen LogP contribution in [0.5, 0.6) is 0 Å². The molecule has 2 unspecified atom stereocenters. The average Bonchev–Trinajstić information content (AvgIpc) is 2.39. The van der Waals surface area contributed by atoms with Gasteiger partial charge in [-0.1, -0.05) is 42.5 Å². The Kier molecular flexibility index (Phi) is 3.63. The molecule has 0 saturated carbocycles. The Hall–Kier alpha value is -0.870. The summed E-state index contributed by atoms with van der Waals surface area (Å²) in [7, 11) is 0. The molecule has 0 heterocycles. The first-order valence-electron chi connectivity index (χ1n) is 6.67. The second-order valence-electron chi connectivity index (χ2n) is 5.33. The van der Waals surface area contributed by atoms with Crippen molar-refractivity contribution in [1.29, 1.82) is 0 Å². The molecule has 0 spiro atoms. The van der Waals surface area contributed by atoms with E-state index in [2.05, 4.69) is 59.8 Å². The first-order valence-corrected chi connectivity index (χ1v) is 7.75. The van der Waals surface area contributed by atoms with Crippen LogP contribution in [0.3, 0.4) is 0 Å². The van der Waals surface area contributed by atoms with Gasteiger partial charge in [0.1, 0.15) is 0 Å². The van der Waals surface area contributed by atoms with Crippen LogP contribution in [-0.4, -0.2) is 5.11 Å². The summed E-state index contributed by atoms with van der Waals surface area (Å²) < 4.78 is 1.19. The van der Waals surface area contributed by atoms with Crippen molar-refractivity contribution < 1.29 is 5.11 Å².